The standard InChI is InChI=1S/C28H40ClN5O3/c1-22(2)27-30-10-13-33(27)12-8-25(35)34-11-5-9-28(20-34,21-37-24-7-4-6-23(29)18-24)19-26(36)32-16-14-31(3)15-17-32/h4,6-7,10,13,18,22H,5,8-9,11-12,14-17,19-21H2,1-3H3. The summed E-state index contributed by atoms with van der Waals surface area (Å²) in [7, 11) is 2.08. The molecule has 1 aromatic heterocycles. The number of ether oxygens (including phenoxy) is 1. The lowest BCUT2D eigenvalue weighted by Crippen LogP contribution is -2.53. The molecule has 8 nitrogen and oxygen atoms in total. The number of rotatable bonds is 9. The van der Waals surface area contributed by atoms with Gasteiger partial charge in [-0.15, -0.1) is 0 Å². The van der Waals surface area contributed by atoms with Crippen molar-refractivity contribution in [1.82, 2.24) is 24.3 Å². The summed E-state index contributed by atoms with van der Waals surface area (Å²) in [6.07, 6.45) is 6.21. The Kier molecular flexibility index (Phi) is 9.13. The van der Waals surface area contributed by atoms with Gasteiger partial charge in [-0.2, -0.15) is 0 Å². The van der Waals surface area contributed by atoms with Crippen LogP contribution in [-0.2, 0) is 16.1 Å². The minimum atomic E-state index is -0.436. The lowest BCUT2D eigenvalue weighted by atomic mass is 9.77. The van der Waals surface area contributed by atoms with E-state index in [1.807, 2.05) is 34.2 Å². The molecule has 37 heavy (non-hydrogen) atoms. The first-order valence-corrected chi connectivity index (χ1v) is 13.8. The van der Waals surface area contributed by atoms with Crippen molar-refractivity contribution >= 4 is 23.4 Å². The SMILES string of the molecule is CC(C)c1nccn1CCC(=O)N1CCCC(COc2cccc(Cl)c2)(CC(=O)N2CCN(C)CC2)C1. The third kappa shape index (κ3) is 7.26. The number of aromatic nitrogens is 2. The quantitative estimate of drug-likeness (QED) is 0.492. The number of hydrogen-bond donors (Lipinski definition) is 0. The summed E-state index contributed by atoms with van der Waals surface area (Å²) in [5.74, 6) is 2.24. The van der Waals surface area contributed by atoms with E-state index in [0.717, 1.165) is 44.8 Å². The molecule has 9 heteroatoms. The van der Waals surface area contributed by atoms with Crippen LogP contribution in [0.5, 0.6) is 5.75 Å². The Morgan fingerprint density at radius 3 is 2.62 bits per heavy atom. The molecule has 1 aromatic carbocycles. The van der Waals surface area contributed by atoms with E-state index in [2.05, 4.69) is 35.3 Å². The predicted molar refractivity (Wildman–Crippen MR) is 145 cm³/mol. The van der Waals surface area contributed by atoms with E-state index in [1.54, 1.807) is 12.3 Å². The Balaban J connectivity index is 1.45. The van der Waals surface area contributed by atoms with E-state index in [9.17, 15) is 9.59 Å². The summed E-state index contributed by atoms with van der Waals surface area (Å²) in [4.78, 5) is 37.3. The Labute approximate surface area is 225 Å². The van der Waals surface area contributed by atoms with Crippen LogP contribution in [0.25, 0.3) is 0 Å². The molecule has 3 heterocycles. The molecule has 2 aliphatic heterocycles. The van der Waals surface area contributed by atoms with Crippen molar-refractivity contribution in [3.05, 3.63) is 47.5 Å². The van der Waals surface area contributed by atoms with E-state index in [0.29, 0.717) is 55.8 Å². The van der Waals surface area contributed by atoms with Crippen molar-refractivity contribution < 1.29 is 14.3 Å². The summed E-state index contributed by atoms with van der Waals surface area (Å²) >= 11 is 6.17. The Hall–Kier alpha value is -2.58. The minimum absolute atomic E-state index is 0.113. The second-order valence-corrected chi connectivity index (χ2v) is 11.3. The molecule has 2 saturated heterocycles. The van der Waals surface area contributed by atoms with E-state index < -0.39 is 5.41 Å². The van der Waals surface area contributed by atoms with Gasteiger partial charge in [-0.3, -0.25) is 9.59 Å². The fourth-order valence-corrected chi connectivity index (χ4v) is 5.58. The average molecular weight is 530 g/mol. The van der Waals surface area contributed by atoms with Gasteiger partial charge in [0, 0.05) is 87.4 Å². The van der Waals surface area contributed by atoms with Crippen LogP contribution < -0.4 is 4.74 Å². The van der Waals surface area contributed by atoms with Crippen LogP contribution in [0.1, 0.15) is 51.3 Å². The number of likely N-dealkylation sites (tertiary alicyclic amines) is 1. The van der Waals surface area contributed by atoms with Crippen LogP contribution in [0, 0.1) is 5.41 Å². The van der Waals surface area contributed by atoms with E-state index >= 15 is 0 Å². The van der Waals surface area contributed by atoms with Gasteiger partial charge in [-0.1, -0.05) is 31.5 Å². The molecule has 0 spiro atoms. The average Bonchev–Trinajstić information content (AvgIpc) is 3.36. The van der Waals surface area contributed by atoms with Crippen LogP contribution in [0.15, 0.2) is 36.7 Å². The van der Waals surface area contributed by atoms with Gasteiger partial charge >= 0.3 is 0 Å². The predicted octanol–water partition coefficient (Wildman–Crippen LogP) is 3.90. The molecule has 0 N–H and O–H groups in total. The van der Waals surface area contributed by atoms with Gasteiger partial charge in [-0.25, -0.2) is 4.98 Å². The molecule has 0 saturated carbocycles. The highest BCUT2D eigenvalue weighted by Gasteiger charge is 2.41. The van der Waals surface area contributed by atoms with Gasteiger partial charge in [-0.05, 0) is 38.1 Å². The maximum absolute atomic E-state index is 13.4. The number of likely N-dealkylation sites (N-methyl/N-ethyl adjacent to an activating group) is 1. The number of imidazole rings is 1. The van der Waals surface area contributed by atoms with Crippen molar-refractivity contribution in [3.63, 3.8) is 0 Å². The van der Waals surface area contributed by atoms with E-state index in [4.69, 9.17) is 16.3 Å². The van der Waals surface area contributed by atoms with Crippen LogP contribution in [-0.4, -0.2) is 89.0 Å². The molecule has 0 radical (unpaired) electrons. The monoisotopic (exact) mass is 529 g/mol. The zero-order chi connectivity index (χ0) is 26.4. The fourth-order valence-electron chi connectivity index (χ4n) is 5.40. The Morgan fingerprint density at radius 1 is 1.11 bits per heavy atom. The number of amides is 2. The smallest absolute Gasteiger partial charge is 0.224 e. The van der Waals surface area contributed by atoms with E-state index in [-0.39, 0.29) is 11.8 Å². The second-order valence-electron chi connectivity index (χ2n) is 10.9. The van der Waals surface area contributed by atoms with Gasteiger partial charge in [0.15, 0.2) is 0 Å². The zero-order valence-corrected chi connectivity index (χ0v) is 23.1. The number of halogens is 1. The number of benzene rings is 1. The summed E-state index contributed by atoms with van der Waals surface area (Å²) in [5.41, 5.74) is -0.436. The molecule has 202 valence electrons. The third-order valence-corrected chi connectivity index (χ3v) is 7.80. The number of nitrogens with zero attached hydrogens (tertiary/aromatic N) is 5. The maximum Gasteiger partial charge on any atom is 0.224 e. The molecule has 2 aliphatic rings. The maximum atomic E-state index is 13.4. The van der Waals surface area contributed by atoms with Gasteiger partial charge < -0.3 is 24.0 Å². The van der Waals surface area contributed by atoms with Crippen molar-refractivity contribution in [2.45, 2.75) is 52.0 Å². The third-order valence-electron chi connectivity index (χ3n) is 7.57. The van der Waals surface area contributed by atoms with Crippen LogP contribution in [0.2, 0.25) is 5.02 Å². The van der Waals surface area contributed by atoms with Gasteiger partial charge in [0.1, 0.15) is 11.6 Å². The van der Waals surface area contributed by atoms with Crippen molar-refractivity contribution in [2.24, 2.45) is 5.41 Å². The zero-order valence-electron chi connectivity index (χ0n) is 22.4. The van der Waals surface area contributed by atoms with Crippen molar-refractivity contribution in [2.75, 3.05) is 52.9 Å². The van der Waals surface area contributed by atoms with E-state index in [1.165, 1.54) is 0 Å². The highest BCUT2D eigenvalue weighted by Crippen LogP contribution is 2.36. The normalized spacial score (nSPS) is 20.9. The van der Waals surface area contributed by atoms with Gasteiger partial charge in [0.25, 0.3) is 0 Å². The summed E-state index contributed by atoms with van der Waals surface area (Å²) < 4.78 is 8.28. The number of carbonyl (C=O) groups excluding carboxylic acids is 2. The first-order chi connectivity index (χ1) is 17.7. The molecule has 0 bridgehead atoms. The Morgan fingerprint density at radius 2 is 1.89 bits per heavy atom. The molecular formula is C28H40ClN5O3. The topological polar surface area (TPSA) is 70.9 Å². The van der Waals surface area contributed by atoms with Crippen LogP contribution in [0.4, 0.5) is 0 Å². The largest absolute Gasteiger partial charge is 0.493 e. The molecule has 2 fully saturated rings. The highest BCUT2D eigenvalue weighted by molar-refractivity contribution is 6.30. The van der Waals surface area contributed by atoms with Gasteiger partial charge in [0.05, 0.1) is 6.61 Å². The number of aryl methyl sites for hydroxylation is 1. The summed E-state index contributed by atoms with van der Waals surface area (Å²) in [6.45, 7) is 9.68. The molecule has 4 rings (SSSR count). The van der Waals surface area contributed by atoms with Crippen LogP contribution in [0.3, 0.4) is 0 Å². The first-order valence-electron chi connectivity index (χ1n) is 13.4. The number of piperidine rings is 1. The molecular weight excluding hydrogens is 490 g/mol. The minimum Gasteiger partial charge on any atom is -0.493 e. The lowest BCUT2D eigenvalue weighted by molar-refractivity contribution is -0.142. The summed E-state index contributed by atoms with van der Waals surface area (Å²) in [5, 5.41) is 0.612. The highest BCUT2D eigenvalue weighted by atomic mass is 35.5. The molecule has 0 aliphatic carbocycles. The number of hydrogen-bond acceptors (Lipinski definition) is 5. The fraction of sp³-hybridized carbons (Fsp3) is 0.607. The summed E-state index contributed by atoms with van der Waals surface area (Å²) in [6, 6.07) is 7.34. The molecule has 2 amide bonds. The molecule has 1 atom stereocenters. The molecule has 1 unspecified atom stereocenters. The molecule has 2 aromatic rings. The van der Waals surface area contributed by atoms with Crippen molar-refractivity contribution in [1.29, 1.82) is 0 Å². The number of piperazine rings is 1. The number of carbonyl (C=O) groups is 2. The lowest BCUT2D eigenvalue weighted by Gasteiger charge is -2.43. The first kappa shape index (κ1) is 27.5. The second kappa shape index (κ2) is 12.3. The Bertz CT molecular complexity index is 1070. The van der Waals surface area contributed by atoms with Crippen molar-refractivity contribution in [3.8, 4) is 5.75 Å². The van der Waals surface area contributed by atoms with Crippen LogP contribution >= 0.6 is 11.6 Å². The van der Waals surface area contributed by atoms with Gasteiger partial charge in [0.2, 0.25) is 11.8 Å².